The van der Waals surface area contributed by atoms with Gasteiger partial charge >= 0.3 is 0 Å². The van der Waals surface area contributed by atoms with Gasteiger partial charge in [0.15, 0.2) is 12.0 Å². The van der Waals surface area contributed by atoms with Crippen molar-refractivity contribution in [3.63, 3.8) is 0 Å². The summed E-state index contributed by atoms with van der Waals surface area (Å²) in [6.45, 7) is 0. The molecule has 2 aliphatic rings. The molecule has 3 aromatic heterocycles. The van der Waals surface area contributed by atoms with Crippen LogP contribution in [-0.2, 0) is 0 Å². The van der Waals surface area contributed by atoms with E-state index in [0.717, 1.165) is 74.5 Å². The van der Waals surface area contributed by atoms with Gasteiger partial charge in [-0.15, -0.1) is 0 Å². The highest BCUT2D eigenvalue weighted by Gasteiger charge is 2.29. The highest BCUT2D eigenvalue weighted by molar-refractivity contribution is 6.23. The van der Waals surface area contributed by atoms with Crippen molar-refractivity contribution in [2.45, 2.75) is 19.0 Å². The summed E-state index contributed by atoms with van der Waals surface area (Å²) in [5.41, 5.74) is 18.1. The molecule has 1 aliphatic carbocycles. The van der Waals surface area contributed by atoms with Crippen LogP contribution in [0.4, 0.5) is 0 Å². The Hall–Kier alpha value is -9.78. The minimum atomic E-state index is -0.532. The predicted molar refractivity (Wildman–Crippen MR) is 313 cm³/mol. The van der Waals surface area contributed by atoms with Gasteiger partial charge in [-0.05, 0) is 101 Å². The number of allylic oxidation sites excluding steroid dienone is 4. The van der Waals surface area contributed by atoms with Crippen LogP contribution in [0.15, 0.2) is 265 Å². The van der Waals surface area contributed by atoms with Gasteiger partial charge in [-0.25, -0.2) is 4.99 Å². The lowest BCUT2D eigenvalue weighted by Crippen LogP contribution is -2.37. The number of fused-ring (bicyclic) bond motifs is 9. The summed E-state index contributed by atoms with van der Waals surface area (Å²) in [5, 5.41) is 11.2. The minimum Gasteiger partial charge on any atom is -0.330 e. The van der Waals surface area contributed by atoms with Crippen molar-refractivity contribution in [3.05, 3.63) is 272 Å². The number of hydrogen-bond donors (Lipinski definition) is 1. The van der Waals surface area contributed by atoms with E-state index in [-0.39, 0.29) is 0 Å². The van der Waals surface area contributed by atoms with E-state index in [9.17, 15) is 0 Å². The molecule has 1 atom stereocenters. The first-order valence-electron chi connectivity index (χ1n) is 25.9. The van der Waals surface area contributed by atoms with Gasteiger partial charge in [0.1, 0.15) is 0 Å². The number of para-hydroxylation sites is 4. The van der Waals surface area contributed by atoms with Gasteiger partial charge in [0.25, 0.3) is 0 Å². The van der Waals surface area contributed by atoms with Gasteiger partial charge < -0.3 is 14.5 Å². The number of amidine groups is 1. The Morgan fingerprint density at radius 2 is 0.973 bits per heavy atom. The number of aliphatic imine (C=N–C) groups is 2. The number of hydrogen-bond acceptors (Lipinski definition) is 3. The van der Waals surface area contributed by atoms with Crippen LogP contribution in [0.25, 0.3) is 105 Å². The molecule has 0 fully saturated rings. The Balaban J connectivity index is 1.02. The fourth-order valence-corrected chi connectivity index (χ4v) is 12.0. The standard InChI is InChI=1S/C69H48N6/c1-5-21-45(22-6-1)48-39-41-56-63(43-48)74(62-38-20-33-54(66(56)62)53-32-19-37-61-65(53)55-31-15-18-36-60(55)73(61)50-27-11-4-12-28-50)64-44-49(46-23-7-2-8-24-46)40-42-57(64)68-70-67(47-25-9-3-10-26-47)71-69(72-68)75-58-34-16-13-29-51(58)52-30-14-17-35-59(52)75/h1-5,7-21,23-44,68H,6,22H2,(H,70,71,72). The van der Waals surface area contributed by atoms with E-state index in [2.05, 4.69) is 268 Å². The van der Waals surface area contributed by atoms with Crippen LogP contribution in [0, 0.1) is 0 Å². The fraction of sp³-hybridized carbons (Fsp3) is 0.0435. The monoisotopic (exact) mass is 960 g/mol. The fourth-order valence-electron chi connectivity index (χ4n) is 12.0. The molecule has 13 aromatic rings. The van der Waals surface area contributed by atoms with E-state index in [1.807, 2.05) is 6.07 Å². The molecule has 0 bridgehead atoms. The van der Waals surface area contributed by atoms with Crippen LogP contribution in [0.1, 0.15) is 35.7 Å². The number of nitrogens with one attached hydrogen (secondary N) is 1. The molecule has 1 N–H and O–H groups in total. The van der Waals surface area contributed by atoms with Crippen LogP contribution < -0.4 is 5.32 Å². The maximum atomic E-state index is 5.59. The number of benzene rings is 10. The van der Waals surface area contributed by atoms with Crippen molar-refractivity contribution in [3.8, 4) is 33.6 Å². The zero-order chi connectivity index (χ0) is 49.4. The van der Waals surface area contributed by atoms with Crippen LogP contribution in [0.3, 0.4) is 0 Å². The molecule has 354 valence electrons. The Morgan fingerprint density at radius 1 is 0.413 bits per heavy atom. The van der Waals surface area contributed by atoms with Crippen molar-refractivity contribution in [1.82, 2.24) is 19.0 Å². The summed E-state index contributed by atoms with van der Waals surface area (Å²) in [5.74, 6) is 1.39. The Bertz CT molecular complexity index is 4490. The van der Waals surface area contributed by atoms with Gasteiger partial charge in [-0.3, -0.25) is 4.57 Å². The van der Waals surface area contributed by atoms with Gasteiger partial charge in [-0.2, -0.15) is 4.99 Å². The van der Waals surface area contributed by atoms with E-state index in [1.54, 1.807) is 0 Å². The molecule has 0 spiro atoms. The van der Waals surface area contributed by atoms with Crippen LogP contribution in [0.5, 0.6) is 0 Å². The van der Waals surface area contributed by atoms with Crippen molar-refractivity contribution in [2.75, 3.05) is 0 Å². The molecule has 15 rings (SSSR count). The number of nitrogens with zero attached hydrogens (tertiary/aromatic N) is 5. The van der Waals surface area contributed by atoms with Crippen molar-refractivity contribution < 1.29 is 0 Å². The SMILES string of the molecule is C1=CCCC(c2ccc3c4c(-c5cccc6c5c5ccccc5n6-c5ccccc5)cccc4n(-c4cc(-c5ccccc5)ccc4C4N=C(c5ccccc5)N=C(n5c6ccccc6c6ccccc65)N4)c3c2)=C1. The summed E-state index contributed by atoms with van der Waals surface area (Å²) < 4.78 is 7.21. The molecule has 1 unspecified atom stereocenters. The summed E-state index contributed by atoms with van der Waals surface area (Å²) in [6, 6.07) is 85.7. The molecule has 0 amide bonds. The van der Waals surface area contributed by atoms with Gasteiger partial charge in [0, 0.05) is 49.1 Å². The summed E-state index contributed by atoms with van der Waals surface area (Å²) >= 11 is 0. The minimum absolute atomic E-state index is 0.532. The maximum absolute atomic E-state index is 5.59. The number of rotatable bonds is 7. The highest BCUT2D eigenvalue weighted by atomic mass is 15.3. The van der Waals surface area contributed by atoms with Crippen LogP contribution >= 0.6 is 0 Å². The Labute approximate surface area is 433 Å². The molecule has 0 saturated carbocycles. The summed E-state index contributed by atoms with van der Waals surface area (Å²) in [4.78, 5) is 11.0. The van der Waals surface area contributed by atoms with E-state index in [0.29, 0.717) is 5.84 Å². The first-order valence-corrected chi connectivity index (χ1v) is 25.9. The third-order valence-electron chi connectivity index (χ3n) is 15.4. The molecular formula is C69H48N6. The molecule has 1 aliphatic heterocycles. The third-order valence-corrected chi connectivity index (χ3v) is 15.4. The normalized spacial score (nSPS) is 14.7. The van der Waals surface area contributed by atoms with Crippen LogP contribution in [-0.4, -0.2) is 25.5 Å². The van der Waals surface area contributed by atoms with E-state index < -0.39 is 6.17 Å². The molecule has 6 heteroatoms. The highest BCUT2D eigenvalue weighted by Crippen LogP contribution is 2.46. The largest absolute Gasteiger partial charge is 0.330 e. The third kappa shape index (κ3) is 6.94. The van der Waals surface area contributed by atoms with E-state index in [1.165, 1.54) is 65.6 Å². The lowest BCUT2D eigenvalue weighted by atomic mass is 9.94. The Morgan fingerprint density at radius 3 is 1.64 bits per heavy atom. The molecule has 75 heavy (non-hydrogen) atoms. The molecular weight excluding hydrogens is 913 g/mol. The molecule has 4 heterocycles. The average Bonchev–Trinajstić information content (AvgIpc) is 4.16. The lowest BCUT2D eigenvalue weighted by molar-refractivity contribution is 0.658. The zero-order valence-corrected chi connectivity index (χ0v) is 41.0. The predicted octanol–water partition coefficient (Wildman–Crippen LogP) is 17.0. The smallest absolute Gasteiger partial charge is 0.211 e. The quantitative estimate of drug-likeness (QED) is 0.170. The number of aromatic nitrogens is 3. The summed E-state index contributed by atoms with van der Waals surface area (Å²) in [7, 11) is 0. The van der Waals surface area contributed by atoms with Crippen LogP contribution in [0.2, 0.25) is 0 Å². The van der Waals surface area contributed by atoms with E-state index >= 15 is 0 Å². The maximum Gasteiger partial charge on any atom is 0.211 e. The molecule has 0 radical (unpaired) electrons. The van der Waals surface area contributed by atoms with Crippen molar-refractivity contribution >= 4 is 82.8 Å². The van der Waals surface area contributed by atoms with Crippen molar-refractivity contribution in [1.29, 1.82) is 0 Å². The first-order chi connectivity index (χ1) is 37.2. The molecule has 0 saturated heterocycles. The second kappa shape index (κ2) is 17.5. The van der Waals surface area contributed by atoms with Crippen molar-refractivity contribution in [2.24, 2.45) is 9.98 Å². The molecule has 6 nitrogen and oxygen atoms in total. The second-order valence-electron chi connectivity index (χ2n) is 19.6. The topological polar surface area (TPSA) is 51.5 Å². The first kappa shape index (κ1) is 42.9. The van der Waals surface area contributed by atoms with Gasteiger partial charge in [0.2, 0.25) is 5.96 Å². The second-order valence-corrected chi connectivity index (χ2v) is 19.6. The summed E-state index contributed by atoms with van der Waals surface area (Å²) in [6.07, 6.45) is 8.23. The average molecular weight is 961 g/mol. The Kier molecular flexibility index (Phi) is 9.98. The molecule has 10 aromatic carbocycles. The van der Waals surface area contributed by atoms with Gasteiger partial charge in [-0.1, -0.05) is 200 Å². The zero-order valence-electron chi connectivity index (χ0n) is 41.0. The van der Waals surface area contributed by atoms with Gasteiger partial charge in [0.05, 0.1) is 38.8 Å². The lowest BCUT2D eigenvalue weighted by Gasteiger charge is -2.27. The van der Waals surface area contributed by atoms with E-state index in [4.69, 9.17) is 9.98 Å².